The molecular weight excluding hydrogens is 406 g/mol. The van der Waals surface area contributed by atoms with E-state index in [0.717, 1.165) is 12.1 Å². The summed E-state index contributed by atoms with van der Waals surface area (Å²) in [5, 5.41) is 1.72. The molecule has 28 heavy (non-hydrogen) atoms. The molecule has 0 aliphatic carbocycles. The Bertz CT molecular complexity index is 940. The fourth-order valence-electron chi connectivity index (χ4n) is 3.36. The van der Waals surface area contributed by atoms with Crippen LogP contribution in [0.15, 0.2) is 39.9 Å². The van der Waals surface area contributed by atoms with Crippen molar-refractivity contribution in [3.05, 3.63) is 52.9 Å². The average Bonchev–Trinajstić information content (AvgIpc) is 3.24. The molecule has 0 saturated carbocycles. The smallest absolute Gasteiger partial charge is 0.252 e. The van der Waals surface area contributed by atoms with Crippen LogP contribution in [0.3, 0.4) is 0 Å². The molecule has 1 atom stereocenters. The molecule has 5 nitrogen and oxygen atoms in total. The van der Waals surface area contributed by atoms with Gasteiger partial charge in [0.1, 0.15) is 4.21 Å². The summed E-state index contributed by atoms with van der Waals surface area (Å²) in [7, 11) is -1.88. The summed E-state index contributed by atoms with van der Waals surface area (Å²) in [6.07, 6.45) is 0.858. The van der Waals surface area contributed by atoms with Crippen molar-refractivity contribution in [2.75, 3.05) is 20.1 Å². The van der Waals surface area contributed by atoms with Crippen molar-refractivity contribution in [1.82, 2.24) is 9.21 Å². The Balaban J connectivity index is 1.63. The van der Waals surface area contributed by atoms with E-state index in [-0.39, 0.29) is 24.9 Å². The number of carbonyl (C=O) groups excluding carboxylic acids is 1. The van der Waals surface area contributed by atoms with Crippen LogP contribution in [0.5, 0.6) is 0 Å². The minimum Gasteiger partial charge on any atom is -0.339 e. The second-order valence-electron chi connectivity index (χ2n) is 6.91. The highest BCUT2D eigenvalue weighted by molar-refractivity contribution is 7.91. The summed E-state index contributed by atoms with van der Waals surface area (Å²) >= 11 is 1.18. The van der Waals surface area contributed by atoms with E-state index in [0.29, 0.717) is 22.6 Å². The molecule has 1 aromatic carbocycles. The number of nitrogens with zero attached hydrogens (tertiary/aromatic N) is 2. The maximum atomic E-state index is 13.5. The Kier molecular flexibility index (Phi) is 6.16. The first-order valence-corrected chi connectivity index (χ1v) is 11.3. The van der Waals surface area contributed by atoms with Crippen LogP contribution in [0.1, 0.15) is 31.4 Å². The van der Waals surface area contributed by atoms with Crippen molar-refractivity contribution in [2.24, 2.45) is 5.92 Å². The molecule has 1 amide bonds. The van der Waals surface area contributed by atoms with Gasteiger partial charge in [-0.15, -0.1) is 11.3 Å². The van der Waals surface area contributed by atoms with Crippen LogP contribution >= 0.6 is 11.3 Å². The van der Waals surface area contributed by atoms with Crippen LogP contribution in [0, 0.1) is 17.6 Å². The van der Waals surface area contributed by atoms with Crippen LogP contribution in [0.2, 0.25) is 0 Å². The largest absolute Gasteiger partial charge is 0.339 e. The number of rotatable bonds is 5. The molecule has 0 bridgehead atoms. The predicted octanol–water partition coefficient (Wildman–Crippen LogP) is 3.65. The molecule has 2 heterocycles. The molecule has 1 saturated heterocycles. The van der Waals surface area contributed by atoms with Gasteiger partial charge >= 0.3 is 0 Å². The van der Waals surface area contributed by atoms with E-state index in [9.17, 15) is 22.0 Å². The topological polar surface area (TPSA) is 57.7 Å². The van der Waals surface area contributed by atoms with E-state index >= 15 is 0 Å². The van der Waals surface area contributed by atoms with Gasteiger partial charge in [0.2, 0.25) is 5.91 Å². The molecule has 1 aliphatic heterocycles. The third-order valence-electron chi connectivity index (χ3n) is 5.25. The van der Waals surface area contributed by atoms with Crippen LogP contribution in [0.4, 0.5) is 8.78 Å². The van der Waals surface area contributed by atoms with Gasteiger partial charge in [-0.2, -0.15) is 4.31 Å². The summed E-state index contributed by atoms with van der Waals surface area (Å²) in [6.45, 7) is 2.31. The number of hydrogen-bond acceptors (Lipinski definition) is 4. The maximum absolute atomic E-state index is 13.5. The van der Waals surface area contributed by atoms with Gasteiger partial charge < -0.3 is 4.90 Å². The highest BCUT2D eigenvalue weighted by Gasteiger charge is 2.34. The normalized spacial score (nSPS) is 17.4. The summed E-state index contributed by atoms with van der Waals surface area (Å²) < 4.78 is 53.5. The second-order valence-corrected chi connectivity index (χ2v) is 10.0. The summed E-state index contributed by atoms with van der Waals surface area (Å²) in [5.41, 5.74) is 0.507. The van der Waals surface area contributed by atoms with E-state index in [2.05, 4.69) is 0 Å². The van der Waals surface area contributed by atoms with Crippen molar-refractivity contribution in [3.63, 3.8) is 0 Å². The van der Waals surface area contributed by atoms with E-state index in [1.165, 1.54) is 26.6 Å². The summed E-state index contributed by atoms with van der Waals surface area (Å²) in [4.78, 5) is 14.4. The molecule has 152 valence electrons. The Hall–Kier alpha value is -1.84. The zero-order valence-electron chi connectivity index (χ0n) is 15.6. The van der Waals surface area contributed by atoms with Crippen molar-refractivity contribution in [2.45, 2.75) is 30.0 Å². The number of benzene rings is 1. The summed E-state index contributed by atoms with van der Waals surface area (Å²) in [5.74, 6) is -2.29. The Labute approximate surface area is 167 Å². The number of thiophene rings is 1. The molecule has 1 aliphatic rings. The first-order valence-electron chi connectivity index (χ1n) is 8.97. The van der Waals surface area contributed by atoms with Gasteiger partial charge in [-0.3, -0.25) is 4.79 Å². The number of hydrogen-bond donors (Lipinski definition) is 0. The zero-order valence-corrected chi connectivity index (χ0v) is 17.3. The molecule has 9 heteroatoms. The molecule has 2 aromatic rings. The third-order valence-corrected chi connectivity index (χ3v) is 8.52. The highest BCUT2D eigenvalue weighted by atomic mass is 32.2. The molecule has 1 unspecified atom stereocenters. The Morgan fingerprint density at radius 2 is 1.89 bits per heavy atom. The Morgan fingerprint density at radius 3 is 2.46 bits per heavy atom. The van der Waals surface area contributed by atoms with E-state index in [1.54, 1.807) is 31.5 Å². The highest BCUT2D eigenvalue weighted by Crippen LogP contribution is 2.29. The van der Waals surface area contributed by atoms with Crippen LogP contribution in [-0.2, 0) is 14.8 Å². The van der Waals surface area contributed by atoms with E-state index in [4.69, 9.17) is 0 Å². The molecule has 0 N–H and O–H groups in total. The lowest BCUT2D eigenvalue weighted by Crippen LogP contribution is -2.43. The Morgan fingerprint density at radius 1 is 1.21 bits per heavy atom. The van der Waals surface area contributed by atoms with Gasteiger partial charge in [0.25, 0.3) is 10.0 Å². The average molecular weight is 429 g/mol. The standard InChI is InChI=1S/C19H22F2N2O3S2/c1-13(15-5-6-16(20)17(21)12-15)22(2)19(24)14-7-9-23(10-8-14)28(25,26)18-4-3-11-27-18/h3-6,11-14H,7-10H2,1-2H3. The molecule has 3 rings (SSSR count). The predicted molar refractivity (Wildman–Crippen MR) is 103 cm³/mol. The number of piperidine rings is 1. The number of halogens is 2. The SMILES string of the molecule is CC(c1ccc(F)c(F)c1)N(C)C(=O)C1CCN(S(=O)(=O)c2cccs2)CC1. The minimum absolute atomic E-state index is 0.120. The molecule has 1 aromatic heterocycles. The monoisotopic (exact) mass is 428 g/mol. The fraction of sp³-hybridized carbons (Fsp3) is 0.421. The van der Waals surface area contributed by atoms with E-state index in [1.807, 2.05) is 0 Å². The first-order chi connectivity index (χ1) is 13.2. The number of carbonyl (C=O) groups is 1. The first kappa shape index (κ1) is 20.9. The second kappa shape index (κ2) is 8.26. The van der Waals surface area contributed by atoms with Crippen LogP contribution in [0.25, 0.3) is 0 Å². The van der Waals surface area contributed by atoms with Gasteiger partial charge in [-0.25, -0.2) is 17.2 Å². The van der Waals surface area contributed by atoms with Gasteiger partial charge in [0.05, 0.1) is 6.04 Å². The van der Waals surface area contributed by atoms with Gasteiger partial charge in [-0.1, -0.05) is 12.1 Å². The zero-order chi connectivity index (χ0) is 20.5. The summed E-state index contributed by atoms with van der Waals surface area (Å²) in [6, 6.07) is 6.46. The van der Waals surface area contributed by atoms with Crippen LogP contribution < -0.4 is 0 Å². The molecule has 0 spiro atoms. The minimum atomic E-state index is -3.51. The number of amides is 1. The van der Waals surface area contributed by atoms with Crippen molar-refractivity contribution < 1.29 is 22.0 Å². The fourth-order valence-corrected chi connectivity index (χ4v) is 5.97. The lowest BCUT2D eigenvalue weighted by atomic mass is 9.95. The van der Waals surface area contributed by atoms with Gasteiger partial charge in [0, 0.05) is 26.1 Å². The molecule has 1 fully saturated rings. The maximum Gasteiger partial charge on any atom is 0.252 e. The van der Waals surface area contributed by atoms with Crippen LogP contribution in [-0.4, -0.2) is 43.7 Å². The van der Waals surface area contributed by atoms with Gasteiger partial charge in [0.15, 0.2) is 11.6 Å². The van der Waals surface area contributed by atoms with Crippen molar-refractivity contribution in [3.8, 4) is 0 Å². The number of sulfonamides is 1. The lowest BCUT2D eigenvalue weighted by Gasteiger charge is -2.34. The van der Waals surface area contributed by atoms with E-state index < -0.39 is 27.7 Å². The van der Waals surface area contributed by atoms with Crippen molar-refractivity contribution in [1.29, 1.82) is 0 Å². The quantitative estimate of drug-likeness (QED) is 0.731. The van der Waals surface area contributed by atoms with Crippen molar-refractivity contribution >= 4 is 27.3 Å². The molecule has 0 radical (unpaired) electrons. The lowest BCUT2D eigenvalue weighted by molar-refractivity contribution is -0.137. The van der Waals surface area contributed by atoms with Gasteiger partial charge in [-0.05, 0) is 48.9 Å². The molecular formula is C19H22F2N2O3S2. The third kappa shape index (κ3) is 4.11.